The van der Waals surface area contributed by atoms with Crippen molar-refractivity contribution in [3.05, 3.63) is 71.7 Å². The highest BCUT2D eigenvalue weighted by Crippen LogP contribution is 2.31. The monoisotopic (exact) mass is 367 g/mol. The molecule has 0 unspecified atom stereocenters. The van der Waals surface area contributed by atoms with Gasteiger partial charge in [0.15, 0.2) is 0 Å². The fourth-order valence-corrected chi connectivity index (χ4v) is 2.35. The van der Waals surface area contributed by atoms with Crippen molar-refractivity contribution in [2.45, 2.75) is 26.1 Å². The Morgan fingerprint density at radius 3 is 2.38 bits per heavy atom. The van der Waals surface area contributed by atoms with Crippen molar-refractivity contribution < 1.29 is 27.5 Å². The Balaban J connectivity index is 0.000000431. The third-order valence-electron chi connectivity index (χ3n) is 3.64. The Morgan fingerprint density at radius 2 is 1.81 bits per heavy atom. The Kier molecular flexibility index (Phi) is 6.02. The molecule has 3 aromatic rings. The van der Waals surface area contributed by atoms with E-state index in [1.54, 1.807) is 35.9 Å². The number of nitrogens with zero attached hydrogens (tertiary/aromatic N) is 1. The molecular formula is C19H17F4NO2. The lowest BCUT2D eigenvalue weighted by Gasteiger charge is -2.08. The number of aliphatic carboxylic acids is 1. The van der Waals surface area contributed by atoms with Crippen LogP contribution in [0.1, 0.15) is 24.5 Å². The van der Waals surface area contributed by atoms with Gasteiger partial charge in [0.2, 0.25) is 0 Å². The van der Waals surface area contributed by atoms with Crippen molar-refractivity contribution in [2.24, 2.45) is 0 Å². The molecule has 0 spiro atoms. The number of hydrogen-bond donors (Lipinski definition) is 1. The fourth-order valence-electron chi connectivity index (χ4n) is 2.35. The van der Waals surface area contributed by atoms with E-state index in [2.05, 4.69) is 0 Å². The third kappa shape index (κ3) is 5.08. The van der Waals surface area contributed by atoms with Crippen molar-refractivity contribution in [1.82, 2.24) is 4.57 Å². The highest BCUT2D eigenvalue weighted by Gasteiger charge is 2.30. The minimum Gasteiger partial charge on any atom is -0.481 e. The van der Waals surface area contributed by atoms with Crippen LogP contribution in [0.25, 0.3) is 10.9 Å². The quantitative estimate of drug-likeness (QED) is 0.636. The van der Waals surface area contributed by atoms with Gasteiger partial charge >= 0.3 is 12.1 Å². The highest BCUT2D eigenvalue weighted by molar-refractivity contribution is 5.81. The van der Waals surface area contributed by atoms with E-state index in [9.17, 15) is 22.4 Å². The van der Waals surface area contributed by atoms with Crippen molar-refractivity contribution in [3.8, 4) is 0 Å². The van der Waals surface area contributed by atoms with Crippen molar-refractivity contribution in [3.63, 3.8) is 0 Å². The van der Waals surface area contributed by atoms with E-state index < -0.39 is 17.7 Å². The topological polar surface area (TPSA) is 42.2 Å². The van der Waals surface area contributed by atoms with Crippen LogP contribution in [-0.4, -0.2) is 15.6 Å². The molecule has 3 rings (SSSR count). The molecule has 0 saturated carbocycles. The maximum atomic E-state index is 13.2. The molecule has 1 N–H and O–H groups in total. The van der Waals surface area contributed by atoms with Gasteiger partial charge < -0.3 is 9.67 Å². The fraction of sp³-hybridized carbons (Fsp3) is 0.211. The van der Waals surface area contributed by atoms with E-state index in [-0.39, 0.29) is 12.2 Å². The number of hydrogen-bond acceptors (Lipinski definition) is 1. The molecule has 2 aromatic carbocycles. The summed E-state index contributed by atoms with van der Waals surface area (Å²) in [7, 11) is 0. The second-order valence-electron chi connectivity index (χ2n) is 5.59. The first kappa shape index (κ1) is 19.5. The van der Waals surface area contributed by atoms with Crippen LogP contribution in [0.5, 0.6) is 0 Å². The van der Waals surface area contributed by atoms with E-state index >= 15 is 0 Å². The van der Waals surface area contributed by atoms with Gasteiger partial charge in [-0.05, 0) is 42.0 Å². The number of fused-ring (bicyclic) bond motifs is 1. The minimum absolute atomic E-state index is 0.222. The van der Waals surface area contributed by atoms with Crippen LogP contribution >= 0.6 is 0 Å². The van der Waals surface area contributed by atoms with E-state index in [0.717, 1.165) is 17.7 Å². The predicted octanol–water partition coefficient (Wildman–Crippen LogP) is 5.33. The molecule has 3 nitrogen and oxygen atoms in total. The van der Waals surface area contributed by atoms with Gasteiger partial charge in [0.05, 0.1) is 5.56 Å². The van der Waals surface area contributed by atoms with Crippen LogP contribution in [0.4, 0.5) is 17.6 Å². The van der Waals surface area contributed by atoms with E-state index in [4.69, 9.17) is 5.11 Å². The summed E-state index contributed by atoms with van der Waals surface area (Å²) >= 11 is 0. The van der Waals surface area contributed by atoms with Gasteiger partial charge in [-0.1, -0.05) is 19.1 Å². The van der Waals surface area contributed by atoms with Gasteiger partial charge in [0, 0.05) is 30.1 Å². The lowest BCUT2D eigenvalue weighted by molar-refractivity contribution is -0.138. The van der Waals surface area contributed by atoms with E-state index in [0.29, 0.717) is 17.4 Å². The van der Waals surface area contributed by atoms with Crippen LogP contribution in [0.15, 0.2) is 54.7 Å². The molecule has 0 aliphatic rings. The normalized spacial score (nSPS) is 11.1. The number of halogens is 4. The number of carboxylic acids is 1. The van der Waals surface area contributed by atoms with Crippen LogP contribution in [-0.2, 0) is 17.5 Å². The Labute approximate surface area is 147 Å². The first-order valence-corrected chi connectivity index (χ1v) is 7.83. The first-order valence-electron chi connectivity index (χ1n) is 7.83. The summed E-state index contributed by atoms with van der Waals surface area (Å²) in [6.45, 7) is 2.01. The second-order valence-corrected chi connectivity index (χ2v) is 5.59. The number of carboxylic acid groups (broad SMARTS) is 1. The van der Waals surface area contributed by atoms with Gasteiger partial charge in [-0.15, -0.1) is 0 Å². The molecule has 1 heterocycles. The summed E-state index contributed by atoms with van der Waals surface area (Å²) in [5.74, 6) is -1.08. The Hall–Kier alpha value is -2.83. The molecule has 0 bridgehead atoms. The average Bonchev–Trinajstić information content (AvgIpc) is 2.97. The van der Waals surface area contributed by atoms with E-state index in [1.807, 2.05) is 0 Å². The molecule has 0 saturated heterocycles. The van der Waals surface area contributed by atoms with Crippen LogP contribution < -0.4 is 0 Å². The number of benzene rings is 2. The number of carbonyl (C=O) groups is 1. The minimum atomic E-state index is -4.35. The molecule has 138 valence electrons. The Morgan fingerprint density at radius 1 is 1.12 bits per heavy atom. The highest BCUT2D eigenvalue weighted by atomic mass is 19.4. The SMILES string of the molecule is CCC(=O)O.Fc1cccc(Cn2ccc3cc(C(F)(F)F)ccc32)c1. The lowest BCUT2D eigenvalue weighted by Crippen LogP contribution is -2.04. The van der Waals surface area contributed by atoms with Crippen molar-refractivity contribution in [1.29, 1.82) is 0 Å². The van der Waals surface area contributed by atoms with Crippen LogP contribution in [0, 0.1) is 5.82 Å². The molecule has 0 amide bonds. The third-order valence-corrected chi connectivity index (χ3v) is 3.64. The summed E-state index contributed by atoms with van der Waals surface area (Å²) in [4.78, 5) is 9.37. The van der Waals surface area contributed by atoms with Gasteiger partial charge in [0.25, 0.3) is 0 Å². The van der Waals surface area contributed by atoms with Crippen molar-refractivity contribution >= 4 is 16.9 Å². The Bertz CT molecular complexity index is 900. The van der Waals surface area contributed by atoms with Crippen LogP contribution in [0.3, 0.4) is 0 Å². The van der Waals surface area contributed by atoms with Gasteiger partial charge in [-0.2, -0.15) is 13.2 Å². The van der Waals surface area contributed by atoms with Crippen LogP contribution in [0.2, 0.25) is 0 Å². The zero-order valence-corrected chi connectivity index (χ0v) is 13.9. The molecule has 7 heteroatoms. The predicted molar refractivity (Wildman–Crippen MR) is 90.4 cm³/mol. The first-order chi connectivity index (χ1) is 12.2. The molecule has 0 radical (unpaired) electrons. The lowest BCUT2D eigenvalue weighted by atomic mass is 10.1. The second kappa shape index (κ2) is 8.03. The van der Waals surface area contributed by atoms with Gasteiger partial charge in [0.1, 0.15) is 5.82 Å². The molecular weight excluding hydrogens is 350 g/mol. The van der Waals surface area contributed by atoms with E-state index in [1.165, 1.54) is 18.2 Å². The summed E-state index contributed by atoms with van der Waals surface area (Å²) < 4.78 is 53.0. The summed E-state index contributed by atoms with van der Waals surface area (Å²) in [6.07, 6.45) is -2.42. The molecule has 0 fully saturated rings. The summed E-state index contributed by atoms with van der Waals surface area (Å²) in [5.41, 5.74) is 0.776. The summed E-state index contributed by atoms with van der Waals surface area (Å²) in [5, 5.41) is 8.24. The summed E-state index contributed by atoms with van der Waals surface area (Å²) in [6, 6.07) is 11.4. The largest absolute Gasteiger partial charge is 0.481 e. The smallest absolute Gasteiger partial charge is 0.416 e. The molecule has 0 aliphatic carbocycles. The zero-order valence-electron chi connectivity index (χ0n) is 13.9. The molecule has 26 heavy (non-hydrogen) atoms. The van der Waals surface area contributed by atoms with Gasteiger partial charge in [-0.25, -0.2) is 4.39 Å². The number of aromatic nitrogens is 1. The van der Waals surface area contributed by atoms with Gasteiger partial charge in [-0.3, -0.25) is 4.79 Å². The maximum absolute atomic E-state index is 13.2. The zero-order chi connectivity index (χ0) is 19.3. The molecule has 1 aromatic heterocycles. The standard InChI is InChI=1S/C16H11F4N.C3H6O2/c17-14-3-1-2-11(8-14)10-21-7-6-12-9-13(16(18,19)20)4-5-15(12)21;1-2-3(4)5/h1-9H,10H2;2H2,1H3,(H,4,5). The molecule has 0 aliphatic heterocycles. The average molecular weight is 367 g/mol. The van der Waals surface area contributed by atoms with Crippen molar-refractivity contribution in [2.75, 3.05) is 0 Å². The molecule has 0 atom stereocenters. The number of alkyl halides is 3. The maximum Gasteiger partial charge on any atom is 0.416 e. The number of rotatable bonds is 3.